The van der Waals surface area contributed by atoms with Crippen molar-refractivity contribution in [1.82, 2.24) is 0 Å². The number of ketones is 1. The maximum absolute atomic E-state index is 11.4. The van der Waals surface area contributed by atoms with E-state index in [1.807, 2.05) is 13.8 Å². The van der Waals surface area contributed by atoms with Gasteiger partial charge in [-0.25, -0.2) is 0 Å². The second kappa shape index (κ2) is 4.04. The molecule has 1 N–H and O–H groups in total. The summed E-state index contributed by atoms with van der Waals surface area (Å²) in [6.45, 7) is 3.93. The molecule has 1 rings (SSSR count). The summed E-state index contributed by atoms with van der Waals surface area (Å²) >= 11 is 0. The summed E-state index contributed by atoms with van der Waals surface area (Å²) < 4.78 is 0. The van der Waals surface area contributed by atoms with E-state index in [9.17, 15) is 9.90 Å². The molecule has 0 saturated heterocycles. The summed E-state index contributed by atoms with van der Waals surface area (Å²) in [5.74, 6) is 0.401. The molecule has 2 unspecified atom stereocenters. The molecule has 0 radical (unpaired) electrons. The maximum Gasteiger partial charge on any atom is 0.138 e. The number of Topliss-reactive ketones (excluding diaryl/α,β-unsaturated/α-hetero) is 1. The van der Waals surface area contributed by atoms with Crippen LogP contribution in [0.2, 0.25) is 0 Å². The maximum atomic E-state index is 11.4. The fraction of sp³-hybridized carbons (Fsp3) is 0.900. The third-order valence-electron chi connectivity index (χ3n) is 2.70. The lowest BCUT2D eigenvalue weighted by Crippen LogP contribution is -2.34. The summed E-state index contributed by atoms with van der Waals surface area (Å²) in [4.78, 5) is 11.4. The summed E-state index contributed by atoms with van der Waals surface area (Å²) in [5, 5.41) is 9.70. The zero-order chi connectivity index (χ0) is 9.14. The van der Waals surface area contributed by atoms with Crippen LogP contribution in [0, 0.1) is 11.8 Å². The third-order valence-corrected chi connectivity index (χ3v) is 2.70. The van der Waals surface area contributed by atoms with Crippen molar-refractivity contribution < 1.29 is 9.90 Å². The largest absolute Gasteiger partial charge is 0.392 e. The van der Waals surface area contributed by atoms with Gasteiger partial charge in [0.25, 0.3) is 0 Å². The lowest BCUT2D eigenvalue weighted by molar-refractivity contribution is -0.129. The Bertz CT molecular complexity index is 163. The van der Waals surface area contributed by atoms with Crippen molar-refractivity contribution in [3.63, 3.8) is 0 Å². The Morgan fingerprint density at radius 3 is 2.58 bits per heavy atom. The van der Waals surface area contributed by atoms with Crippen LogP contribution in [0.1, 0.15) is 39.5 Å². The zero-order valence-electron chi connectivity index (χ0n) is 7.92. The van der Waals surface area contributed by atoms with Gasteiger partial charge >= 0.3 is 0 Å². The molecule has 2 nitrogen and oxygen atoms in total. The van der Waals surface area contributed by atoms with E-state index in [0.717, 1.165) is 19.3 Å². The predicted molar refractivity (Wildman–Crippen MR) is 47.8 cm³/mol. The van der Waals surface area contributed by atoms with Crippen LogP contribution in [-0.4, -0.2) is 17.0 Å². The number of hydrogen-bond acceptors (Lipinski definition) is 2. The fourth-order valence-corrected chi connectivity index (χ4v) is 1.84. The second-order valence-corrected chi connectivity index (χ2v) is 4.05. The zero-order valence-corrected chi connectivity index (χ0v) is 7.92. The number of aliphatic hydroxyl groups is 1. The van der Waals surface area contributed by atoms with Gasteiger partial charge in [0, 0.05) is 12.3 Å². The second-order valence-electron chi connectivity index (χ2n) is 4.05. The standard InChI is InChI=1S/C10H18O2/c1-7(2)10(12)8-5-3-4-6-9(8)11/h7-8,10,12H,3-6H2,1-2H3. The van der Waals surface area contributed by atoms with E-state index in [4.69, 9.17) is 0 Å². The molecule has 0 aromatic rings. The first kappa shape index (κ1) is 9.72. The van der Waals surface area contributed by atoms with Crippen LogP contribution in [0.5, 0.6) is 0 Å². The summed E-state index contributed by atoms with van der Waals surface area (Å²) in [6, 6.07) is 0. The highest BCUT2D eigenvalue weighted by Gasteiger charge is 2.30. The molecule has 70 valence electrons. The van der Waals surface area contributed by atoms with Gasteiger partial charge in [-0.3, -0.25) is 4.79 Å². The Morgan fingerprint density at radius 2 is 2.08 bits per heavy atom. The summed E-state index contributed by atoms with van der Waals surface area (Å²) in [7, 11) is 0. The normalized spacial score (nSPS) is 27.7. The highest BCUT2D eigenvalue weighted by Crippen LogP contribution is 2.26. The van der Waals surface area contributed by atoms with Crippen LogP contribution in [0.4, 0.5) is 0 Å². The highest BCUT2D eigenvalue weighted by atomic mass is 16.3. The van der Waals surface area contributed by atoms with Crippen molar-refractivity contribution in [3.05, 3.63) is 0 Å². The average Bonchev–Trinajstić information content (AvgIpc) is 2.04. The molecular weight excluding hydrogens is 152 g/mol. The molecule has 2 atom stereocenters. The molecular formula is C10H18O2. The van der Waals surface area contributed by atoms with Gasteiger partial charge in [0.1, 0.15) is 5.78 Å². The Morgan fingerprint density at radius 1 is 1.42 bits per heavy atom. The number of carbonyl (C=O) groups excluding carboxylic acids is 1. The van der Waals surface area contributed by atoms with Gasteiger partial charge in [0.05, 0.1) is 6.10 Å². The Balaban J connectivity index is 2.53. The first-order chi connectivity index (χ1) is 5.63. The molecule has 0 aromatic heterocycles. The number of rotatable bonds is 2. The Labute approximate surface area is 74.0 Å². The number of carbonyl (C=O) groups is 1. The van der Waals surface area contributed by atoms with Gasteiger partial charge in [0.2, 0.25) is 0 Å². The molecule has 0 spiro atoms. The van der Waals surface area contributed by atoms with E-state index in [2.05, 4.69) is 0 Å². The van der Waals surface area contributed by atoms with Gasteiger partial charge in [-0.1, -0.05) is 20.3 Å². The van der Waals surface area contributed by atoms with Crippen molar-refractivity contribution >= 4 is 5.78 Å². The molecule has 0 aliphatic heterocycles. The molecule has 1 fully saturated rings. The van der Waals surface area contributed by atoms with Crippen LogP contribution in [0.15, 0.2) is 0 Å². The number of hydrogen-bond donors (Lipinski definition) is 1. The molecule has 0 aromatic carbocycles. The lowest BCUT2D eigenvalue weighted by atomic mass is 9.80. The van der Waals surface area contributed by atoms with E-state index in [0.29, 0.717) is 6.42 Å². The molecule has 1 aliphatic rings. The van der Waals surface area contributed by atoms with Gasteiger partial charge in [-0.15, -0.1) is 0 Å². The van der Waals surface area contributed by atoms with Crippen molar-refractivity contribution in [3.8, 4) is 0 Å². The monoisotopic (exact) mass is 170 g/mol. The fourth-order valence-electron chi connectivity index (χ4n) is 1.84. The van der Waals surface area contributed by atoms with E-state index in [1.165, 1.54) is 0 Å². The molecule has 0 heterocycles. The molecule has 2 heteroatoms. The SMILES string of the molecule is CC(C)C(O)C1CCCCC1=O. The van der Waals surface area contributed by atoms with E-state index in [1.54, 1.807) is 0 Å². The third kappa shape index (κ3) is 2.07. The molecule has 0 bridgehead atoms. The quantitative estimate of drug-likeness (QED) is 0.685. The predicted octanol–water partition coefficient (Wildman–Crippen LogP) is 1.76. The van der Waals surface area contributed by atoms with Crippen molar-refractivity contribution in [2.75, 3.05) is 0 Å². The Hall–Kier alpha value is -0.370. The highest BCUT2D eigenvalue weighted by molar-refractivity contribution is 5.82. The summed E-state index contributed by atoms with van der Waals surface area (Å²) in [5.41, 5.74) is 0. The molecule has 0 amide bonds. The molecule has 1 aliphatic carbocycles. The minimum Gasteiger partial charge on any atom is -0.392 e. The van der Waals surface area contributed by atoms with Crippen molar-refractivity contribution in [1.29, 1.82) is 0 Å². The van der Waals surface area contributed by atoms with Gasteiger partial charge in [-0.05, 0) is 18.8 Å². The molecule has 1 saturated carbocycles. The smallest absolute Gasteiger partial charge is 0.138 e. The van der Waals surface area contributed by atoms with E-state index < -0.39 is 6.10 Å². The minimum absolute atomic E-state index is 0.0706. The summed E-state index contributed by atoms with van der Waals surface area (Å²) in [6.07, 6.45) is 3.25. The van der Waals surface area contributed by atoms with Gasteiger partial charge in [-0.2, -0.15) is 0 Å². The topological polar surface area (TPSA) is 37.3 Å². The minimum atomic E-state index is -0.419. The van der Waals surface area contributed by atoms with Gasteiger partial charge < -0.3 is 5.11 Å². The van der Waals surface area contributed by atoms with Crippen LogP contribution in [0.25, 0.3) is 0 Å². The van der Waals surface area contributed by atoms with Crippen LogP contribution in [-0.2, 0) is 4.79 Å². The van der Waals surface area contributed by atoms with Crippen molar-refractivity contribution in [2.24, 2.45) is 11.8 Å². The van der Waals surface area contributed by atoms with Crippen LogP contribution >= 0.6 is 0 Å². The van der Waals surface area contributed by atoms with Gasteiger partial charge in [0.15, 0.2) is 0 Å². The lowest BCUT2D eigenvalue weighted by Gasteiger charge is -2.27. The van der Waals surface area contributed by atoms with Crippen molar-refractivity contribution in [2.45, 2.75) is 45.6 Å². The Kier molecular flexibility index (Phi) is 3.27. The van der Waals surface area contributed by atoms with Crippen LogP contribution < -0.4 is 0 Å². The molecule has 12 heavy (non-hydrogen) atoms. The number of aliphatic hydroxyl groups excluding tert-OH is 1. The van der Waals surface area contributed by atoms with Crippen LogP contribution in [0.3, 0.4) is 0 Å². The first-order valence-electron chi connectivity index (χ1n) is 4.83. The average molecular weight is 170 g/mol. The first-order valence-corrected chi connectivity index (χ1v) is 4.83. The van der Waals surface area contributed by atoms with E-state index in [-0.39, 0.29) is 17.6 Å². The van der Waals surface area contributed by atoms with E-state index >= 15 is 0 Å².